The van der Waals surface area contributed by atoms with E-state index < -0.39 is 0 Å². The molecule has 1 fully saturated rings. The van der Waals surface area contributed by atoms with Crippen LogP contribution in [0.3, 0.4) is 0 Å². The molecule has 1 aliphatic heterocycles. The lowest BCUT2D eigenvalue weighted by Crippen LogP contribution is -2.36. The van der Waals surface area contributed by atoms with Gasteiger partial charge in [0.2, 0.25) is 0 Å². The number of pyridine rings is 1. The summed E-state index contributed by atoms with van der Waals surface area (Å²) in [6.45, 7) is 5.52. The molecule has 0 aliphatic carbocycles. The Kier molecular flexibility index (Phi) is 4.76. The van der Waals surface area contributed by atoms with E-state index in [0.29, 0.717) is 0 Å². The van der Waals surface area contributed by atoms with E-state index >= 15 is 0 Å². The quantitative estimate of drug-likeness (QED) is 0.701. The molecule has 0 amide bonds. The number of aryl methyl sites for hydroxylation is 1. The van der Waals surface area contributed by atoms with E-state index in [1.54, 1.807) is 11.9 Å². The third-order valence-corrected chi connectivity index (χ3v) is 5.23. The smallest absolute Gasteiger partial charge is 0.0962 e. The molecule has 128 valence electrons. The lowest BCUT2D eigenvalue weighted by molar-refractivity contribution is 0.123. The molecule has 25 heavy (non-hydrogen) atoms. The molecule has 0 saturated carbocycles. The molecule has 4 nitrogen and oxygen atoms in total. The molecule has 0 bridgehead atoms. The molecule has 1 aromatic heterocycles. The summed E-state index contributed by atoms with van der Waals surface area (Å²) in [4.78, 5) is 8.20. The minimum absolute atomic E-state index is 0.783. The van der Waals surface area contributed by atoms with Gasteiger partial charge in [0.05, 0.1) is 24.4 Å². The fourth-order valence-electron chi connectivity index (χ4n) is 3.04. The summed E-state index contributed by atoms with van der Waals surface area (Å²) in [6.07, 6.45) is 1.85. The topological polar surface area (TPSA) is 37.4 Å². The van der Waals surface area contributed by atoms with Crippen LogP contribution in [0.1, 0.15) is 5.56 Å². The minimum Gasteiger partial charge on any atom is -0.378 e. The van der Waals surface area contributed by atoms with Gasteiger partial charge in [0.25, 0.3) is 0 Å². The molecule has 1 saturated heterocycles. The summed E-state index contributed by atoms with van der Waals surface area (Å²) < 4.78 is 8.94. The number of anilines is 2. The second-order valence-corrected chi connectivity index (χ2v) is 7.03. The molecular weight excluding hydrogens is 330 g/mol. The zero-order chi connectivity index (χ0) is 17.1. The largest absolute Gasteiger partial charge is 0.378 e. The first-order valence-electron chi connectivity index (χ1n) is 8.51. The average molecular weight is 351 g/mol. The maximum atomic E-state index is 5.48. The molecule has 5 heteroatoms. The highest BCUT2D eigenvalue weighted by atomic mass is 32.2. The van der Waals surface area contributed by atoms with Crippen LogP contribution in [-0.2, 0) is 4.74 Å². The Morgan fingerprint density at radius 1 is 1.04 bits per heavy atom. The third kappa shape index (κ3) is 3.57. The molecule has 2 heterocycles. The Morgan fingerprint density at radius 3 is 2.64 bits per heavy atom. The number of hydrogen-bond acceptors (Lipinski definition) is 5. The molecule has 0 atom stereocenters. The second kappa shape index (κ2) is 7.33. The van der Waals surface area contributed by atoms with Gasteiger partial charge in [-0.1, -0.05) is 17.7 Å². The Labute approximate surface area is 152 Å². The van der Waals surface area contributed by atoms with Gasteiger partial charge in [0, 0.05) is 35.3 Å². The molecule has 1 aliphatic rings. The number of benzene rings is 2. The molecule has 0 radical (unpaired) electrons. The number of ether oxygens (including phenoxy) is 1. The molecule has 2 aromatic carbocycles. The number of morpholine rings is 1. The first-order valence-corrected chi connectivity index (χ1v) is 9.33. The Morgan fingerprint density at radius 2 is 1.84 bits per heavy atom. The number of rotatable bonds is 4. The van der Waals surface area contributed by atoms with E-state index in [1.807, 2.05) is 12.3 Å². The van der Waals surface area contributed by atoms with Gasteiger partial charge in [-0.3, -0.25) is 4.98 Å². The number of nitrogens with zero attached hydrogens (tertiary/aromatic N) is 2. The average Bonchev–Trinajstić information content (AvgIpc) is 2.68. The summed E-state index contributed by atoms with van der Waals surface area (Å²) >= 11 is 1.61. The van der Waals surface area contributed by atoms with Crippen LogP contribution >= 0.6 is 11.9 Å². The van der Waals surface area contributed by atoms with Crippen molar-refractivity contribution in [1.29, 1.82) is 0 Å². The lowest BCUT2D eigenvalue weighted by atomic mass is 10.1. The monoisotopic (exact) mass is 351 g/mol. The zero-order valence-corrected chi connectivity index (χ0v) is 15.1. The van der Waals surface area contributed by atoms with Gasteiger partial charge >= 0.3 is 0 Å². The van der Waals surface area contributed by atoms with E-state index in [4.69, 9.17) is 4.74 Å². The number of fused-ring (bicyclic) bond motifs is 1. The summed E-state index contributed by atoms with van der Waals surface area (Å²) in [5.74, 6) is 0. The summed E-state index contributed by atoms with van der Waals surface area (Å²) in [7, 11) is 0. The lowest BCUT2D eigenvalue weighted by Gasteiger charge is -2.30. The maximum Gasteiger partial charge on any atom is 0.0962 e. The SMILES string of the molecule is Cc1ccc(SNc2ccc(N3CCOCC3)c3cccnc23)cc1. The van der Waals surface area contributed by atoms with Crippen molar-refractivity contribution in [2.45, 2.75) is 11.8 Å². The van der Waals surface area contributed by atoms with Crippen LogP contribution in [0.2, 0.25) is 0 Å². The van der Waals surface area contributed by atoms with Crippen LogP contribution in [0.15, 0.2) is 59.6 Å². The summed E-state index contributed by atoms with van der Waals surface area (Å²) in [6, 6.07) is 17.0. The van der Waals surface area contributed by atoms with E-state index in [0.717, 1.165) is 37.5 Å². The number of hydrogen-bond donors (Lipinski definition) is 1. The van der Waals surface area contributed by atoms with Crippen LogP contribution in [0.4, 0.5) is 11.4 Å². The Balaban J connectivity index is 1.62. The highest BCUT2D eigenvalue weighted by Gasteiger charge is 2.15. The second-order valence-electron chi connectivity index (χ2n) is 6.15. The van der Waals surface area contributed by atoms with Gasteiger partial charge < -0.3 is 14.4 Å². The van der Waals surface area contributed by atoms with E-state index in [9.17, 15) is 0 Å². The van der Waals surface area contributed by atoms with Gasteiger partial charge in [-0.2, -0.15) is 0 Å². The number of aromatic nitrogens is 1. The van der Waals surface area contributed by atoms with Gasteiger partial charge in [0.15, 0.2) is 0 Å². The van der Waals surface area contributed by atoms with Gasteiger partial charge in [-0.05, 0) is 55.3 Å². The normalized spacial score (nSPS) is 14.7. The van der Waals surface area contributed by atoms with E-state index in [1.165, 1.54) is 21.5 Å². The predicted octanol–water partition coefficient (Wildman–Crippen LogP) is 4.50. The van der Waals surface area contributed by atoms with Crippen LogP contribution in [0, 0.1) is 6.92 Å². The molecule has 1 N–H and O–H groups in total. The van der Waals surface area contributed by atoms with Crippen molar-refractivity contribution in [2.75, 3.05) is 35.9 Å². The summed E-state index contributed by atoms with van der Waals surface area (Å²) in [5.41, 5.74) is 4.55. The first kappa shape index (κ1) is 16.2. The first-order chi connectivity index (χ1) is 12.3. The molecule has 3 aromatic rings. The fourth-order valence-corrected chi connectivity index (χ4v) is 3.70. The van der Waals surface area contributed by atoms with Gasteiger partial charge in [0.1, 0.15) is 0 Å². The third-order valence-electron chi connectivity index (χ3n) is 4.40. The standard InChI is InChI=1S/C20H21N3OS/c1-15-4-6-16(7-5-15)25-22-18-8-9-19(23-11-13-24-14-12-23)17-3-2-10-21-20(17)18/h2-10,22H,11-14H2,1H3. The highest BCUT2D eigenvalue weighted by molar-refractivity contribution is 8.00. The minimum atomic E-state index is 0.783. The van der Waals surface area contributed by atoms with E-state index in [-0.39, 0.29) is 0 Å². The molecular formula is C20H21N3OS. The van der Waals surface area contributed by atoms with Crippen molar-refractivity contribution in [2.24, 2.45) is 0 Å². The molecule has 0 unspecified atom stereocenters. The molecule has 0 spiro atoms. The van der Waals surface area contributed by atoms with Crippen molar-refractivity contribution < 1.29 is 4.74 Å². The Hall–Kier alpha value is -2.24. The van der Waals surface area contributed by atoms with Crippen molar-refractivity contribution in [3.05, 3.63) is 60.3 Å². The van der Waals surface area contributed by atoms with Crippen molar-refractivity contribution in [1.82, 2.24) is 4.98 Å². The van der Waals surface area contributed by atoms with Gasteiger partial charge in [-0.25, -0.2) is 0 Å². The van der Waals surface area contributed by atoms with Crippen LogP contribution in [-0.4, -0.2) is 31.3 Å². The van der Waals surface area contributed by atoms with Crippen molar-refractivity contribution in [3.63, 3.8) is 0 Å². The zero-order valence-electron chi connectivity index (χ0n) is 14.2. The van der Waals surface area contributed by atoms with Crippen LogP contribution in [0.5, 0.6) is 0 Å². The Bertz CT molecular complexity index is 860. The highest BCUT2D eigenvalue weighted by Crippen LogP contribution is 2.33. The maximum absolute atomic E-state index is 5.48. The van der Waals surface area contributed by atoms with Crippen molar-refractivity contribution >= 4 is 34.2 Å². The van der Waals surface area contributed by atoms with E-state index in [2.05, 4.69) is 64.0 Å². The van der Waals surface area contributed by atoms with Crippen LogP contribution < -0.4 is 9.62 Å². The van der Waals surface area contributed by atoms with Crippen molar-refractivity contribution in [3.8, 4) is 0 Å². The predicted molar refractivity (Wildman–Crippen MR) is 105 cm³/mol. The fraction of sp³-hybridized carbons (Fsp3) is 0.250. The summed E-state index contributed by atoms with van der Waals surface area (Å²) in [5, 5.41) is 1.18. The molecule has 4 rings (SSSR count). The number of nitrogens with one attached hydrogen (secondary N) is 1. The van der Waals surface area contributed by atoms with Gasteiger partial charge in [-0.15, -0.1) is 0 Å². The van der Waals surface area contributed by atoms with Crippen LogP contribution in [0.25, 0.3) is 10.9 Å².